The maximum atomic E-state index is 5.90. The summed E-state index contributed by atoms with van der Waals surface area (Å²) in [6.45, 7) is 1.94. The molecule has 1 unspecified atom stereocenters. The quantitative estimate of drug-likeness (QED) is 0.925. The molecular formula is C12H12ClN3S. The highest BCUT2D eigenvalue weighted by Gasteiger charge is 2.09. The van der Waals surface area contributed by atoms with Crippen molar-refractivity contribution in [2.75, 3.05) is 0 Å². The van der Waals surface area contributed by atoms with Crippen molar-refractivity contribution >= 4 is 23.4 Å². The average Bonchev–Trinajstić information content (AvgIpc) is 2.32. The fourth-order valence-electron chi connectivity index (χ4n) is 1.36. The molecule has 2 aromatic heterocycles. The second-order valence-corrected chi connectivity index (χ2v) is 5.05. The predicted molar refractivity (Wildman–Crippen MR) is 70.2 cm³/mol. The zero-order valence-corrected chi connectivity index (χ0v) is 10.9. The normalized spacial score (nSPS) is 12.4. The average molecular weight is 266 g/mol. The Balaban J connectivity index is 2.26. The van der Waals surface area contributed by atoms with Crippen LogP contribution < -0.4 is 5.73 Å². The summed E-state index contributed by atoms with van der Waals surface area (Å²) >= 11 is 7.28. The van der Waals surface area contributed by atoms with Gasteiger partial charge in [0, 0.05) is 24.0 Å². The number of hydrogen-bond donors (Lipinski definition) is 1. The summed E-state index contributed by atoms with van der Waals surface area (Å²) in [5, 5.41) is 2.37. The van der Waals surface area contributed by atoms with E-state index in [1.54, 1.807) is 12.4 Å². The Labute approximate surface area is 109 Å². The largest absolute Gasteiger partial charge is 0.324 e. The molecule has 2 rings (SSSR count). The molecule has 0 aromatic carbocycles. The molecule has 0 radical (unpaired) electrons. The van der Waals surface area contributed by atoms with Crippen molar-refractivity contribution in [1.29, 1.82) is 0 Å². The number of nitrogens with two attached hydrogens (primary N) is 1. The summed E-state index contributed by atoms with van der Waals surface area (Å²) < 4.78 is 0. The van der Waals surface area contributed by atoms with Crippen LogP contribution in [0.1, 0.15) is 18.5 Å². The Morgan fingerprint density at radius 3 is 2.76 bits per heavy atom. The van der Waals surface area contributed by atoms with Crippen LogP contribution in [-0.2, 0) is 0 Å². The monoisotopic (exact) mass is 265 g/mol. The number of nitrogens with zero attached hydrogens (tertiary/aromatic N) is 2. The lowest BCUT2D eigenvalue weighted by Gasteiger charge is -2.10. The van der Waals surface area contributed by atoms with Gasteiger partial charge in [0.15, 0.2) is 0 Å². The van der Waals surface area contributed by atoms with Gasteiger partial charge in [0.1, 0.15) is 10.1 Å². The van der Waals surface area contributed by atoms with E-state index in [0.717, 1.165) is 15.6 Å². The third kappa shape index (κ3) is 3.19. The first-order chi connectivity index (χ1) is 8.16. The maximum Gasteiger partial charge on any atom is 0.107 e. The Hall–Kier alpha value is -1.10. The summed E-state index contributed by atoms with van der Waals surface area (Å²) in [7, 11) is 0. The minimum absolute atomic E-state index is 0.0431. The minimum atomic E-state index is -0.0431. The molecule has 3 nitrogen and oxygen atoms in total. The molecule has 0 amide bonds. The topological polar surface area (TPSA) is 51.8 Å². The number of hydrogen-bond acceptors (Lipinski definition) is 4. The molecule has 5 heteroatoms. The molecule has 1 atom stereocenters. The molecule has 17 heavy (non-hydrogen) atoms. The molecule has 88 valence electrons. The molecule has 0 spiro atoms. The smallest absolute Gasteiger partial charge is 0.107 e. The maximum absolute atomic E-state index is 5.90. The lowest BCUT2D eigenvalue weighted by atomic mass is 10.2. The fraction of sp³-hybridized carbons (Fsp3) is 0.167. The molecule has 2 heterocycles. The molecule has 2 N–H and O–H groups in total. The van der Waals surface area contributed by atoms with E-state index in [2.05, 4.69) is 9.97 Å². The van der Waals surface area contributed by atoms with Crippen LogP contribution in [0.4, 0.5) is 0 Å². The fourth-order valence-corrected chi connectivity index (χ4v) is 2.39. The summed E-state index contributed by atoms with van der Waals surface area (Å²) in [6, 6.07) is 7.50. The van der Waals surface area contributed by atoms with Crippen LogP contribution in [0.25, 0.3) is 0 Å². The van der Waals surface area contributed by atoms with E-state index >= 15 is 0 Å². The van der Waals surface area contributed by atoms with E-state index in [1.165, 1.54) is 11.8 Å². The molecule has 2 aromatic rings. The van der Waals surface area contributed by atoms with Gasteiger partial charge < -0.3 is 5.73 Å². The number of halogens is 1. The van der Waals surface area contributed by atoms with Gasteiger partial charge in [-0.3, -0.25) is 0 Å². The molecule has 0 aliphatic heterocycles. The minimum Gasteiger partial charge on any atom is -0.324 e. The highest BCUT2D eigenvalue weighted by atomic mass is 35.5. The van der Waals surface area contributed by atoms with Gasteiger partial charge >= 0.3 is 0 Å². The van der Waals surface area contributed by atoms with E-state index in [0.29, 0.717) is 5.02 Å². The van der Waals surface area contributed by atoms with Crippen LogP contribution in [-0.4, -0.2) is 9.97 Å². The van der Waals surface area contributed by atoms with Crippen molar-refractivity contribution in [3.05, 3.63) is 47.2 Å². The lowest BCUT2D eigenvalue weighted by Crippen LogP contribution is -2.07. The van der Waals surface area contributed by atoms with E-state index in [9.17, 15) is 0 Å². The van der Waals surface area contributed by atoms with Crippen molar-refractivity contribution in [2.24, 2.45) is 5.73 Å². The summed E-state index contributed by atoms with van der Waals surface area (Å²) in [5.41, 5.74) is 6.92. The van der Waals surface area contributed by atoms with Crippen molar-refractivity contribution < 1.29 is 0 Å². The number of rotatable bonds is 3. The van der Waals surface area contributed by atoms with Gasteiger partial charge in [0.2, 0.25) is 0 Å². The third-order valence-corrected chi connectivity index (χ3v) is 3.40. The van der Waals surface area contributed by atoms with Crippen molar-refractivity contribution in [3.8, 4) is 0 Å². The molecule has 0 aliphatic carbocycles. The molecule has 0 saturated heterocycles. The van der Waals surface area contributed by atoms with E-state index in [4.69, 9.17) is 17.3 Å². The molecule has 0 aliphatic rings. The number of pyridine rings is 2. The Morgan fingerprint density at radius 2 is 2.12 bits per heavy atom. The Bertz CT molecular complexity index is 499. The van der Waals surface area contributed by atoms with E-state index in [-0.39, 0.29) is 6.04 Å². The first-order valence-corrected chi connectivity index (χ1v) is 6.36. The first kappa shape index (κ1) is 12.4. The third-order valence-electron chi connectivity index (χ3n) is 2.19. The zero-order valence-electron chi connectivity index (χ0n) is 9.30. The number of aromatic nitrogens is 2. The molecule has 0 fully saturated rings. The highest BCUT2D eigenvalue weighted by Crippen LogP contribution is 2.29. The van der Waals surface area contributed by atoms with Gasteiger partial charge in [-0.05, 0) is 36.9 Å². The van der Waals surface area contributed by atoms with Gasteiger partial charge in [0.05, 0.1) is 5.02 Å². The van der Waals surface area contributed by atoms with Gasteiger partial charge in [-0.25, -0.2) is 9.97 Å². The SMILES string of the molecule is CC(N)c1cccnc1Sc1ccc(Cl)cn1. The summed E-state index contributed by atoms with van der Waals surface area (Å²) in [5.74, 6) is 0. The van der Waals surface area contributed by atoms with Crippen molar-refractivity contribution in [1.82, 2.24) is 9.97 Å². The molecule has 0 bridgehead atoms. The summed E-state index contributed by atoms with van der Waals surface area (Å²) in [4.78, 5) is 8.55. The summed E-state index contributed by atoms with van der Waals surface area (Å²) in [6.07, 6.45) is 3.38. The van der Waals surface area contributed by atoms with Crippen LogP contribution >= 0.6 is 23.4 Å². The second kappa shape index (κ2) is 5.49. The van der Waals surface area contributed by atoms with Crippen LogP contribution in [0.5, 0.6) is 0 Å². The zero-order chi connectivity index (χ0) is 12.3. The standard InChI is InChI=1S/C12H12ClN3S/c1-8(14)10-3-2-6-15-12(10)17-11-5-4-9(13)7-16-11/h2-8H,14H2,1H3. The lowest BCUT2D eigenvalue weighted by molar-refractivity contribution is 0.779. The van der Waals surface area contributed by atoms with Gasteiger partial charge in [-0.1, -0.05) is 17.7 Å². The van der Waals surface area contributed by atoms with Crippen LogP contribution in [0, 0.1) is 0 Å². The van der Waals surface area contributed by atoms with E-state index in [1.807, 2.05) is 31.2 Å². The van der Waals surface area contributed by atoms with Crippen molar-refractivity contribution in [2.45, 2.75) is 23.0 Å². The molecule has 0 saturated carbocycles. The van der Waals surface area contributed by atoms with Gasteiger partial charge in [-0.15, -0.1) is 0 Å². The van der Waals surface area contributed by atoms with Crippen LogP contribution in [0.2, 0.25) is 5.02 Å². The highest BCUT2D eigenvalue weighted by molar-refractivity contribution is 7.99. The predicted octanol–water partition coefficient (Wildman–Crippen LogP) is 3.30. The Kier molecular flexibility index (Phi) is 3.99. The van der Waals surface area contributed by atoms with Gasteiger partial charge in [-0.2, -0.15) is 0 Å². The van der Waals surface area contributed by atoms with Crippen LogP contribution in [0.15, 0.2) is 46.7 Å². The second-order valence-electron chi connectivity index (χ2n) is 3.60. The van der Waals surface area contributed by atoms with Crippen LogP contribution in [0.3, 0.4) is 0 Å². The molecular weight excluding hydrogens is 254 g/mol. The Morgan fingerprint density at radius 1 is 1.29 bits per heavy atom. The van der Waals surface area contributed by atoms with Crippen molar-refractivity contribution in [3.63, 3.8) is 0 Å². The first-order valence-electron chi connectivity index (χ1n) is 5.16. The van der Waals surface area contributed by atoms with E-state index < -0.39 is 0 Å². The van der Waals surface area contributed by atoms with Gasteiger partial charge in [0.25, 0.3) is 0 Å².